The summed E-state index contributed by atoms with van der Waals surface area (Å²) in [6.07, 6.45) is 4.28. The fourth-order valence-electron chi connectivity index (χ4n) is 3.09. The van der Waals surface area contributed by atoms with Crippen LogP contribution in [0.25, 0.3) is 5.13 Å². The molecule has 0 atom stereocenters. The first-order valence-electron chi connectivity index (χ1n) is 8.55. The number of hydrogen-bond acceptors (Lipinski definition) is 4. The van der Waals surface area contributed by atoms with E-state index in [0.717, 1.165) is 47.7 Å². The number of anilines is 1. The second kappa shape index (κ2) is 7.51. The Morgan fingerprint density at radius 3 is 2.46 bits per heavy atom. The van der Waals surface area contributed by atoms with Gasteiger partial charge in [0, 0.05) is 54.7 Å². The summed E-state index contributed by atoms with van der Waals surface area (Å²) in [5.74, 6) is 0.144. The second-order valence-electron chi connectivity index (χ2n) is 6.23. The highest BCUT2D eigenvalue weighted by molar-refractivity contribution is 7.12. The van der Waals surface area contributed by atoms with Crippen LogP contribution >= 0.6 is 22.9 Å². The molecule has 4 rings (SSSR count). The second-order valence-corrected chi connectivity index (χ2v) is 7.51. The van der Waals surface area contributed by atoms with Crippen molar-refractivity contribution in [3.8, 4) is 5.13 Å². The van der Waals surface area contributed by atoms with E-state index in [1.807, 2.05) is 63.6 Å². The van der Waals surface area contributed by atoms with E-state index in [9.17, 15) is 4.79 Å². The van der Waals surface area contributed by atoms with Gasteiger partial charge in [0.15, 0.2) is 5.13 Å². The van der Waals surface area contributed by atoms with Gasteiger partial charge in [-0.05, 0) is 36.4 Å². The zero-order valence-electron chi connectivity index (χ0n) is 14.2. The number of thiazole rings is 1. The van der Waals surface area contributed by atoms with Crippen molar-refractivity contribution < 1.29 is 4.79 Å². The molecule has 7 heteroatoms. The van der Waals surface area contributed by atoms with E-state index in [1.165, 1.54) is 0 Å². The van der Waals surface area contributed by atoms with Crippen molar-refractivity contribution >= 4 is 34.5 Å². The number of carbonyl (C=O) groups is 1. The molecule has 0 radical (unpaired) electrons. The van der Waals surface area contributed by atoms with E-state index in [2.05, 4.69) is 9.88 Å². The Morgan fingerprint density at radius 2 is 1.77 bits per heavy atom. The minimum Gasteiger partial charge on any atom is -0.368 e. The van der Waals surface area contributed by atoms with Gasteiger partial charge in [-0.3, -0.25) is 4.79 Å². The number of hydrogen-bond donors (Lipinski definition) is 0. The summed E-state index contributed by atoms with van der Waals surface area (Å²) in [7, 11) is 0. The predicted molar refractivity (Wildman–Crippen MR) is 105 cm³/mol. The fourth-order valence-corrected chi connectivity index (χ4v) is 4.01. The van der Waals surface area contributed by atoms with Crippen LogP contribution in [0.3, 0.4) is 0 Å². The Hall–Kier alpha value is -2.31. The maximum atomic E-state index is 12.6. The topological polar surface area (TPSA) is 41.4 Å². The molecule has 0 aliphatic carbocycles. The van der Waals surface area contributed by atoms with Gasteiger partial charge in [0.1, 0.15) is 0 Å². The average Bonchev–Trinajstić information content (AvgIpc) is 3.34. The van der Waals surface area contributed by atoms with E-state index < -0.39 is 0 Å². The molecule has 1 fully saturated rings. The van der Waals surface area contributed by atoms with Gasteiger partial charge in [-0.15, -0.1) is 11.3 Å². The molecular weight excluding hydrogens is 368 g/mol. The molecule has 3 heterocycles. The normalized spacial score (nSPS) is 14.7. The highest BCUT2D eigenvalue weighted by Gasteiger charge is 2.22. The predicted octanol–water partition coefficient (Wildman–Crippen LogP) is 3.48. The number of carbonyl (C=O) groups excluding carboxylic acids is 1. The largest absolute Gasteiger partial charge is 0.368 e. The standard InChI is InChI=1S/C19H19ClN4OS/c20-15-3-5-17(6-4-15)22-9-11-23(12-10-22)18(25)13-16-14-26-19(21-16)24-7-1-2-8-24/h1-8,14H,9-13H2. The van der Waals surface area contributed by atoms with Crippen molar-refractivity contribution in [2.75, 3.05) is 31.1 Å². The summed E-state index contributed by atoms with van der Waals surface area (Å²) >= 11 is 7.51. The number of nitrogens with zero attached hydrogens (tertiary/aromatic N) is 4. The van der Waals surface area contributed by atoms with E-state index in [-0.39, 0.29) is 5.91 Å². The van der Waals surface area contributed by atoms with Crippen LogP contribution < -0.4 is 4.90 Å². The fraction of sp³-hybridized carbons (Fsp3) is 0.263. The van der Waals surface area contributed by atoms with Gasteiger partial charge < -0.3 is 14.4 Å². The van der Waals surface area contributed by atoms with E-state index >= 15 is 0 Å². The number of amides is 1. The highest BCUT2D eigenvalue weighted by atomic mass is 35.5. The van der Waals surface area contributed by atoms with Gasteiger partial charge >= 0.3 is 0 Å². The van der Waals surface area contributed by atoms with Crippen LogP contribution in [0.5, 0.6) is 0 Å². The van der Waals surface area contributed by atoms with Crippen molar-refractivity contribution in [1.29, 1.82) is 0 Å². The lowest BCUT2D eigenvalue weighted by Gasteiger charge is -2.36. The van der Waals surface area contributed by atoms with Gasteiger partial charge in [0.25, 0.3) is 0 Å². The number of halogens is 1. The van der Waals surface area contributed by atoms with Crippen molar-refractivity contribution in [1.82, 2.24) is 14.5 Å². The quantitative estimate of drug-likeness (QED) is 0.689. The maximum absolute atomic E-state index is 12.6. The van der Waals surface area contributed by atoms with Crippen molar-refractivity contribution in [2.24, 2.45) is 0 Å². The molecule has 0 unspecified atom stereocenters. The monoisotopic (exact) mass is 386 g/mol. The lowest BCUT2D eigenvalue weighted by Crippen LogP contribution is -2.49. The van der Waals surface area contributed by atoms with Crippen molar-refractivity contribution in [2.45, 2.75) is 6.42 Å². The molecule has 1 amide bonds. The number of rotatable bonds is 4. The molecular formula is C19H19ClN4OS. The molecule has 1 aromatic carbocycles. The summed E-state index contributed by atoms with van der Waals surface area (Å²) in [6, 6.07) is 11.8. The van der Waals surface area contributed by atoms with Crippen LogP contribution in [0.4, 0.5) is 5.69 Å². The number of benzene rings is 1. The average molecular weight is 387 g/mol. The minimum absolute atomic E-state index is 0.144. The molecule has 0 N–H and O–H groups in total. The molecule has 0 bridgehead atoms. The first-order valence-corrected chi connectivity index (χ1v) is 9.81. The Kier molecular flexibility index (Phi) is 4.95. The van der Waals surface area contributed by atoms with Crippen LogP contribution in [-0.4, -0.2) is 46.5 Å². The summed E-state index contributed by atoms with van der Waals surface area (Å²) in [6.45, 7) is 3.13. The smallest absolute Gasteiger partial charge is 0.228 e. The molecule has 5 nitrogen and oxygen atoms in total. The summed E-state index contributed by atoms with van der Waals surface area (Å²) in [5.41, 5.74) is 1.99. The zero-order valence-corrected chi connectivity index (χ0v) is 15.8. The van der Waals surface area contributed by atoms with Gasteiger partial charge in [-0.25, -0.2) is 4.98 Å². The maximum Gasteiger partial charge on any atom is 0.228 e. The molecule has 1 aliphatic heterocycles. The lowest BCUT2D eigenvalue weighted by atomic mass is 10.2. The van der Waals surface area contributed by atoms with E-state index in [1.54, 1.807) is 11.3 Å². The number of aromatic nitrogens is 2. The Labute approximate surface area is 161 Å². The third kappa shape index (κ3) is 3.76. The summed E-state index contributed by atoms with van der Waals surface area (Å²) < 4.78 is 1.96. The molecule has 0 spiro atoms. The molecule has 3 aromatic rings. The Balaban J connectivity index is 1.33. The molecule has 1 aliphatic rings. The van der Waals surface area contributed by atoms with Gasteiger partial charge in [0.2, 0.25) is 5.91 Å². The molecule has 2 aromatic heterocycles. The molecule has 26 heavy (non-hydrogen) atoms. The van der Waals surface area contributed by atoms with Gasteiger partial charge in [-0.2, -0.15) is 0 Å². The summed E-state index contributed by atoms with van der Waals surface area (Å²) in [5, 5.41) is 3.60. The first kappa shape index (κ1) is 17.1. The van der Waals surface area contributed by atoms with Crippen LogP contribution in [0.1, 0.15) is 5.69 Å². The van der Waals surface area contributed by atoms with E-state index in [0.29, 0.717) is 6.42 Å². The SMILES string of the molecule is O=C(Cc1csc(-n2cccc2)n1)N1CCN(c2ccc(Cl)cc2)CC1. The number of piperazine rings is 1. The van der Waals surface area contributed by atoms with Gasteiger partial charge in [0.05, 0.1) is 12.1 Å². The van der Waals surface area contributed by atoms with Crippen LogP contribution in [-0.2, 0) is 11.2 Å². The third-order valence-electron chi connectivity index (χ3n) is 4.52. The van der Waals surface area contributed by atoms with Crippen LogP contribution in [0, 0.1) is 0 Å². The molecule has 134 valence electrons. The molecule has 1 saturated heterocycles. The highest BCUT2D eigenvalue weighted by Crippen LogP contribution is 2.20. The van der Waals surface area contributed by atoms with Crippen molar-refractivity contribution in [3.05, 3.63) is 64.9 Å². The van der Waals surface area contributed by atoms with Crippen LogP contribution in [0.2, 0.25) is 5.02 Å². The first-order chi connectivity index (χ1) is 12.7. The van der Waals surface area contributed by atoms with Crippen molar-refractivity contribution in [3.63, 3.8) is 0 Å². The Morgan fingerprint density at radius 1 is 1.08 bits per heavy atom. The Bertz CT molecular complexity index is 867. The molecule has 0 saturated carbocycles. The zero-order chi connectivity index (χ0) is 17.9. The lowest BCUT2D eigenvalue weighted by molar-refractivity contribution is -0.130. The summed E-state index contributed by atoms with van der Waals surface area (Å²) in [4.78, 5) is 21.4. The minimum atomic E-state index is 0.144. The third-order valence-corrected chi connectivity index (χ3v) is 5.68. The van der Waals surface area contributed by atoms with E-state index in [4.69, 9.17) is 11.6 Å². The van der Waals surface area contributed by atoms with Gasteiger partial charge in [-0.1, -0.05) is 11.6 Å². The van der Waals surface area contributed by atoms with Crippen LogP contribution in [0.15, 0.2) is 54.2 Å².